The number of nitrogens with two attached hydrogens (primary N) is 1. The van der Waals surface area contributed by atoms with Gasteiger partial charge in [0.1, 0.15) is 18.3 Å². The van der Waals surface area contributed by atoms with E-state index in [1.54, 1.807) is 0 Å². The predicted molar refractivity (Wildman–Crippen MR) is 74.6 cm³/mol. The Morgan fingerprint density at radius 3 is 2.36 bits per heavy atom. The van der Waals surface area contributed by atoms with Gasteiger partial charge in [-0.15, -0.1) is 0 Å². The molecule has 12 heteroatoms. The van der Waals surface area contributed by atoms with E-state index in [4.69, 9.17) is 19.6 Å². The second-order valence-corrected chi connectivity index (χ2v) is 5.17. The van der Waals surface area contributed by atoms with Crippen molar-refractivity contribution in [2.45, 2.75) is 31.5 Å². The molecule has 4 atom stereocenters. The summed E-state index contributed by atoms with van der Waals surface area (Å²) < 4.78 is 6.17. The first kappa shape index (κ1) is 18.9. The Kier molecular flexibility index (Phi) is 6.78. The second-order valence-electron chi connectivity index (χ2n) is 4.53. The van der Waals surface area contributed by atoms with Crippen LogP contribution in [0.1, 0.15) is 11.8 Å². The van der Waals surface area contributed by atoms with Crippen molar-refractivity contribution in [2.24, 2.45) is 5.50 Å². The van der Waals surface area contributed by atoms with Crippen LogP contribution < -0.4 is 16.8 Å². The van der Waals surface area contributed by atoms with Gasteiger partial charge in [-0.25, -0.2) is 4.79 Å². The lowest BCUT2D eigenvalue weighted by Crippen LogP contribution is -2.38. The average molecular weight is 339 g/mol. The van der Waals surface area contributed by atoms with Gasteiger partial charge in [0.15, 0.2) is 6.23 Å². The Balaban J connectivity index is 0.000000541. The third-order valence-electron chi connectivity index (χ3n) is 2.94. The minimum Gasteiger partial charge on any atom is -0.394 e. The number of hydrogen-bond donors (Lipinski definition) is 7. The molecule has 126 valence electrons. The summed E-state index contributed by atoms with van der Waals surface area (Å²) >= 11 is 0. The minimum absolute atomic E-state index is 0.271. The topological polar surface area (TPSA) is 191 Å². The fourth-order valence-electron chi connectivity index (χ4n) is 1.88. The molecule has 0 radical (unpaired) electrons. The molecule has 2 heterocycles. The number of rotatable bonds is 2. The average Bonchev–Trinajstić information content (AvgIpc) is 2.70. The van der Waals surface area contributed by atoms with Gasteiger partial charge in [-0.1, -0.05) is 0 Å². The molecule has 0 aromatic carbocycles. The van der Waals surface area contributed by atoms with Crippen LogP contribution in [0.5, 0.6) is 0 Å². The van der Waals surface area contributed by atoms with Crippen LogP contribution in [0, 0.1) is 6.92 Å². The molecule has 11 nitrogen and oxygen atoms in total. The molecule has 0 saturated carbocycles. The maximum Gasteiger partial charge on any atom is 0.330 e. The molecule has 0 bridgehead atoms. The normalized spacial score (nSPS) is 27.6. The monoisotopic (exact) mass is 339 g/mol. The van der Waals surface area contributed by atoms with E-state index in [1.807, 2.05) is 0 Å². The molecule has 0 amide bonds. The Labute approximate surface area is 125 Å². The molecular weight excluding hydrogens is 321 g/mol. The maximum absolute atomic E-state index is 11.6. The molecule has 1 aromatic heterocycles. The molecule has 0 spiro atoms. The zero-order valence-electron chi connectivity index (χ0n) is 11.5. The minimum atomic E-state index is -2.12. The van der Waals surface area contributed by atoms with Crippen molar-refractivity contribution in [1.29, 1.82) is 0 Å². The summed E-state index contributed by atoms with van der Waals surface area (Å²) in [6.45, 7) is 1.02. The van der Waals surface area contributed by atoms with E-state index in [0.29, 0.717) is 0 Å². The lowest BCUT2D eigenvalue weighted by Gasteiger charge is -2.17. The van der Waals surface area contributed by atoms with Crippen LogP contribution in [0.2, 0.25) is 0 Å². The molecule has 0 unspecified atom stereocenters. The number of H-pyrrole nitrogens is 1. The van der Waals surface area contributed by atoms with E-state index < -0.39 is 50.9 Å². The van der Waals surface area contributed by atoms with Crippen molar-refractivity contribution >= 4 is 8.53 Å². The molecule has 1 aromatic rings. The molecule has 22 heavy (non-hydrogen) atoms. The van der Waals surface area contributed by atoms with Gasteiger partial charge in [-0.05, 0) is 6.92 Å². The fourth-order valence-corrected chi connectivity index (χ4v) is 1.88. The molecule has 2 rings (SSSR count). The summed E-state index contributed by atoms with van der Waals surface area (Å²) in [4.78, 5) is 39.8. The molecule has 1 aliphatic rings. The fraction of sp³-hybridized carbons (Fsp3) is 0.600. The smallest absolute Gasteiger partial charge is 0.330 e. The second kappa shape index (κ2) is 7.90. The highest BCUT2D eigenvalue weighted by Gasteiger charge is 2.43. The highest BCUT2D eigenvalue weighted by atomic mass is 31.2. The highest BCUT2D eigenvalue weighted by Crippen LogP contribution is 2.27. The molecule has 8 N–H and O–H groups in total. The number of nitrogens with one attached hydrogen (secondary N) is 1. The van der Waals surface area contributed by atoms with E-state index in [2.05, 4.69) is 10.5 Å². The highest BCUT2D eigenvalue weighted by molar-refractivity contribution is 7.42. The van der Waals surface area contributed by atoms with Gasteiger partial charge in [-0.2, -0.15) is 0 Å². The van der Waals surface area contributed by atoms with Crippen LogP contribution in [-0.4, -0.2) is 59.6 Å². The van der Waals surface area contributed by atoms with E-state index in [9.17, 15) is 19.8 Å². The van der Waals surface area contributed by atoms with E-state index in [-0.39, 0.29) is 5.56 Å². The van der Waals surface area contributed by atoms with E-state index in [1.165, 1.54) is 13.1 Å². The van der Waals surface area contributed by atoms with Crippen LogP contribution in [-0.2, 0) is 4.74 Å². The number of ether oxygens (including phenoxy) is 1. The SMILES string of the molecule is Cc1cn([C@@H]2O[C@H](CO)[C@@H](O)[C@H]2O)c(=O)[nH]c1=O.NP(O)O. The van der Waals surface area contributed by atoms with E-state index >= 15 is 0 Å². The van der Waals surface area contributed by atoms with Crippen molar-refractivity contribution in [3.05, 3.63) is 32.6 Å². The van der Waals surface area contributed by atoms with Crippen molar-refractivity contribution < 1.29 is 29.8 Å². The first-order valence-corrected chi connectivity index (χ1v) is 7.37. The van der Waals surface area contributed by atoms with Crippen molar-refractivity contribution in [3.63, 3.8) is 0 Å². The van der Waals surface area contributed by atoms with Gasteiger partial charge in [0, 0.05) is 11.8 Å². The first-order valence-electron chi connectivity index (χ1n) is 6.06. The van der Waals surface area contributed by atoms with Crippen LogP contribution in [0.3, 0.4) is 0 Å². The van der Waals surface area contributed by atoms with Gasteiger partial charge in [0.05, 0.1) is 6.61 Å². The third kappa shape index (κ3) is 4.41. The van der Waals surface area contributed by atoms with Crippen LogP contribution in [0.4, 0.5) is 0 Å². The van der Waals surface area contributed by atoms with Gasteiger partial charge in [0.25, 0.3) is 5.56 Å². The van der Waals surface area contributed by atoms with Crippen LogP contribution in [0.25, 0.3) is 0 Å². The van der Waals surface area contributed by atoms with Gasteiger partial charge in [-0.3, -0.25) is 19.8 Å². The van der Waals surface area contributed by atoms with Gasteiger partial charge < -0.3 is 29.8 Å². The number of aliphatic hydroxyl groups excluding tert-OH is 3. The number of aromatic nitrogens is 2. The lowest BCUT2D eigenvalue weighted by molar-refractivity contribution is -0.0551. The van der Waals surface area contributed by atoms with Crippen molar-refractivity contribution in [1.82, 2.24) is 9.55 Å². The number of aryl methyl sites for hydroxylation is 1. The zero-order valence-corrected chi connectivity index (χ0v) is 12.4. The van der Waals surface area contributed by atoms with E-state index in [0.717, 1.165) is 4.57 Å². The molecule has 1 saturated heterocycles. The predicted octanol–water partition coefficient (Wildman–Crippen LogP) is -3.39. The molecule has 1 fully saturated rings. The largest absolute Gasteiger partial charge is 0.394 e. The zero-order chi connectivity index (χ0) is 17.0. The third-order valence-corrected chi connectivity index (χ3v) is 2.94. The van der Waals surface area contributed by atoms with Crippen molar-refractivity contribution in [3.8, 4) is 0 Å². The Morgan fingerprint density at radius 2 is 1.91 bits per heavy atom. The van der Waals surface area contributed by atoms with Crippen LogP contribution >= 0.6 is 8.53 Å². The summed E-state index contributed by atoms with van der Waals surface area (Å²) in [6.07, 6.45) is -3.52. The number of aromatic amines is 1. The summed E-state index contributed by atoms with van der Waals surface area (Å²) in [5, 5.41) is 28.3. The summed E-state index contributed by atoms with van der Waals surface area (Å²) in [6, 6.07) is 0. The Morgan fingerprint density at radius 1 is 1.36 bits per heavy atom. The molecule has 1 aliphatic heterocycles. The summed E-state index contributed by atoms with van der Waals surface area (Å²) in [7, 11) is -2.12. The number of hydrogen-bond acceptors (Lipinski definition) is 9. The van der Waals surface area contributed by atoms with Crippen LogP contribution in [0.15, 0.2) is 15.8 Å². The summed E-state index contributed by atoms with van der Waals surface area (Å²) in [5.41, 5.74) is 3.28. The summed E-state index contributed by atoms with van der Waals surface area (Å²) in [5.74, 6) is 0. The molecule has 0 aliphatic carbocycles. The Bertz CT molecular complexity index is 600. The quantitative estimate of drug-likeness (QED) is 0.269. The first-order chi connectivity index (χ1) is 10.2. The van der Waals surface area contributed by atoms with Gasteiger partial charge >= 0.3 is 5.69 Å². The van der Waals surface area contributed by atoms with Gasteiger partial charge in [0.2, 0.25) is 8.53 Å². The lowest BCUT2D eigenvalue weighted by atomic mass is 10.1. The Hall–Kier alpha value is -1.17. The van der Waals surface area contributed by atoms with Crippen molar-refractivity contribution in [2.75, 3.05) is 6.61 Å². The maximum atomic E-state index is 11.6. The number of nitrogens with zero attached hydrogens (tertiary/aromatic N) is 1. The standard InChI is InChI=1S/C10H14N2O6.H4NO2P/c1-4-2-12(10(17)11-8(4)16)9-7(15)6(14)5(3-13)18-9;1-4(2)3/h2,5-7,9,13-15H,3H2,1H3,(H,11,16,17);2-3H,1H2/t5-,6-,7-,9-;/m1./s1. The molecular formula is C10H18N3O8P. The number of aliphatic hydroxyl groups is 3.